The second kappa shape index (κ2) is 5.38. The quantitative estimate of drug-likeness (QED) is 0.896. The number of hydrogen-bond donors (Lipinski definition) is 1. The largest absolute Gasteiger partial charge is 0.314 e. The van der Waals surface area contributed by atoms with E-state index in [9.17, 15) is 8.42 Å². The van der Waals surface area contributed by atoms with Gasteiger partial charge in [0.15, 0.2) is 0 Å². The molecule has 0 aromatic heterocycles. The van der Waals surface area contributed by atoms with E-state index in [4.69, 9.17) is 0 Å². The normalized spacial score (nSPS) is 26.1. The zero-order chi connectivity index (χ0) is 13.2. The van der Waals surface area contributed by atoms with E-state index < -0.39 is 10.0 Å². The minimum absolute atomic E-state index is 0.0162. The number of benzene rings is 1. The molecule has 1 aliphatic rings. The summed E-state index contributed by atoms with van der Waals surface area (Å²) in [5, 5.41) is 3.24. The molecule has 1 N–H and O–H groups in total. The standard InChI is InChI=1S/C13H20N2O2S/c1-11-8-14-9-12(2)15(11)18(16,17)10-13-6-4-3-5-7-13/h3-7,11-12,14H,8-10H2,1-2H3. The molecule has 1 aromatic rings. The molecule has 0 radical (unpaired) electrons. The first kappa shape index (κ1) is 13.5. The summed E-state index contributed by atoms with van der Waals surface area (Å²) >= 11 is 0. The molecule has 1 heterocycles. The van der Waals surface area contributed by atoms with E-state index in [1.807, 2.05) is 44.2 Å². The topological polar surface area (TPSA) is 49.4 Å². The predicted octanol–water partition coefficient (Wildman–Crippen LogP) is 1.20. The van der Waals surface area contributed by atoms with Crippen LogP contribution in [0.2, 0.25) is 0 Å². The number of nitrogens with one attached hydrogen (secondary N) is 1. The van der Waals surface area contributed by atoms with Crippen LogP contribution < -0.4 is 5.32 Å². The van der Waals surface area contributed by atoms with E-state index in [-0.39, 0.29) is 17.8 Å². The van der Waals surface area contributed by atoms with Crippen molar-refractivity contribution in [1.82, 2.24) is 9.62 Å². The lowest BCUT2D eigenvalue weighted by Crippen LogP contribution is -2.57. The van der Waals surface area contributed by atoms with Gasteiger partial charge in [0.25, 0.3) is 0 Å². The fourth-order valence-corrected chi connectivity index (χ4v) is 4.53. The average molecular weight is 268 g/mol. The minimum Gasteiger partial charge on any atom is -0.314 e. The second-order valence-corrected chi connectivity index (χ2v) is 6.80. The van der Waals surface area contributed by atoms with Crippen LogP contribution >= 0.6 is 0 Å². The van der Waals surface area contributed by atoms with Crippen molar-refractivity contribution < 1.29 is 8.42 Å². The summed E-state index contributed by atoms with van der Waals surface area (Å²) in [5.74, 6) is 0.0858. The zero-order valence-corrected chi connectivity index (χ0v) is 11.7. The summed E-state index contributed by atoms with van der Waals surface area (Å²) in [6, 6.07) is 9.38. The molecule has 0 bridgehead atoms. The maximum absolute atomic E-state index is 12.5. The molecule has 2 rings (SSSR count). The van der Waals surface area contributed by atoms with Crippen LogP contribution in [0.4, 0.5) is 0 Å². The molecule has 1 fully saturated rings. The Kier molecular flexibility index (Phi) is 4.04. The van der Waals surface area contributed by atoms with E-state index in [1.165, 1.54) is 0 Å². The van der Waals surface area contributed by atoms with Crippen LogP contribution in [0, 0.1) is 0 Å². The van der Waals surface area contributed by atoms with Crippen molar-refractivity contribution in [2.24, 2.45) is 0 Å². The Morgan fingerprint density at radius 1 is 1.17 bits per heavy atom. The third-order valence-corrected chi connectivity index (χ3v) is 5.32. The molecule has 2 unspecified atom stereocenters. The van der Waals surface area contributed by atoms with E-state index in [1.54, 1.807) is 4.31 Å². The van der Waals surface area contributed by atoms with Crippen LogP contribution in [-0.4, -0.2) is 37.9 Å². The number of piperazine rings is 1. The van der Waals surface area contributed by atoms with Gasteiger partial charge >= 0.3 is 0 Å². The molecule has 18 heavy (non-hydrogen) atoms. The summed E-state index contributed by atoms with van der Waals surface area (Å²) in [5.41, 5.74) is 0.843. The first-order valence-corrected chi connectivity index (χ1v) is 7.87. The maximum Gasteiger partial charge on any atom is 0.218 e. The number of nitrogens with zero attached hydrogens (tertiary/aromatic N) is 1. The third kappa shape index (κ3) is 2.91. The molecule has 0 spiro atoms. The highest BCUT2D eigenvalue weighted by Crippen LogP contribution is 2.19. The van der Waals surface area contributed by atoms with Crippen LogP contribution in [0.3, 0.4) is 0 Å². The van der Waals surface area contributed by atoms with Gasteiger partial charge in [-0.1, -0.05) is 30.3 Å². The highest BCUT2D eigenvalue weighted by molar-refractivity contribution is 7.88. The first-order chi connectivity index (χ1) is 8.50. The lowest BCUT2D eigenvalue weighted by atomic mass is 10.2. The maximum atomic E-state index is 12.5. The summed E-state index contributed by atoms with van der Waals surface area (Å²) in [4.78, 5) is 0. The van der Waals surface area contributed by atoms with Crippen LogP contribution in [-0.2, 0) is 15.8 Å². The molecule has 1 saturated heterocycles. The monoisotopic (exact) mass is 268 g/mol. The predicted molar refractivity (Wildman–Crippen MR) is 72.7 cm³/mol. The van der Waals surface area contributed by atoms with Gasteiger partial charge < -0.3 is 5.32 Å². The number of sulfonamides is 1. The lowest BCUT2D eigenvalue weighted by Gasteiger charge is -2.38. The SMILES string of the molecule is CC1CNCC(C)N1S(=O)(=O)Cc1ccccc1. The van der Waals surface area contributed by atoms with E-state index in [0.29, 0.717) is 0 Å². The van der Waals surface area contributed by atoms with Crippen LogP contribution in [0.25, 0.3) is 0 Å². The molecule has 5 heteroatoms. The molecular weight excluding hydrogens is 248 g/mol. The van der Waals surface area contributed by atoms with Gasteiger partial charge in [0, 0.05) is 25.2 Å². The van der Waals surface area contributed by atoms with Gasteiger partial charge in [-0.15, -0.1) is 0 Å². The van der Waals surface area contributed by atoms with E-state index >= 15 is 0 Å². The van der Waals surface area contributed by atoms with Crippen molar-refractivity contribution in [1.29, 1.82) is 0 Å². The summed E-state index contributed by atoms with van der Waals surface area (Å²) < 4.78 is 26.6. The Bertz CT molecular complexity index is 477. The van der Waals surface area contributed by atoms with Crippen LogP contribution in [0.15, 0.2) is 30.3 Å². The van der Waals surface area contributed by atoms with Crippen molar-refractivity contribution in [3.63, 3.8) is 0 Å². The molecule has 0 aliphatic carbocycles. The smallest absolute Gasteiger partial charge is 0.218 e. The van der Waals surface area contributed by atoms with Gasteiger partial charge in [0.05, 0.1) is 5.75 Å². The van der Waals surface area contributed by atoms with Gasteiger partial charge in [-0.05, 0) is 19.4 Å². The van der Waals surface area contributed by atoms with Gasteiger partial charge in [0.1, 0.15) is 0 Å². The Morgan fingerprint density at radius 3 is 2.28 bits per heavy atom. The Hall–Kier alpha value is -0.910. The Morgan fingerprint density at radius 2 is 1.72 bits per heavy atom. The fourth-order valence-electron chi connectivity index (χ4n) is 2.52. The Labute approximate surface area is 109 Å². The fraction of sp³-hybridized carbons (Fsp3) is 0.538. The summed E-state index contributed by atoms with van der Waals surface area (Å²) in [7, 11) is -3.24. The van der Waals surface area contributed by atoms with Crippen molar-refractivity contribution >= 4 is 10.0 Å². The molecular formula is C13H20N2O2S. The molecule has 0 saturated carbocycles. The highest BCUT2D eigenvalue weighted by atomic mass is 32.2. The van der Waals surface area contributed by atoms with Crippen LogP contribution in [0.1, 0.15) is 19.4 Å². The van der Waals surface area contributed by atoms with Gasteiger partial charge in [0.2, 0.25) is 10.0 Å². The molecule has 2 atom stereocenters. The molecule has 0 amide bonds. The molecule has 100 valence electrons. The van der Waals surface area contributed by atoms with Crippen molar-refractivity contribution in [2.45, 2.75) is 31.7 Å². The summed E-state index contributed by atoms with van der Waals surface area (Å²) in [6.45, 7) is 5.34. The van der Waals surface area contributed by atoms with E-state index in [0.717, 1.165) is 18.7 Å². The van der Waals surface area contributed by atoms with Gasteiger partial charge in [-0.3, -0.25) is 0 Å². The zero-order valence-electron chi connectivity index (χ0n) is 10.8. The van der Waals surface area contributed by atoms with Crippen molar-refractivity contribution in [3.05, 3.63) is 35.9 Å². The molecule has 4 nitrogen and oxygen atoms in total. The van der Waals surface area contributed by atoms with Gasteiger partial charge in [-0.25, -0.2) is 8.42 Å². The van der Waals surface area contributed by atoms with E-state index in [2.05, 4.69) is 5.32 Å². The lowest BCUT2D eigenvalue weighted by molar-refractivity contribution is 0.219. The van der Waals surface area contributed by atoms with Crippen molar-refractivity contribution in [2.75, 3.05) is 13.1 Å². The average Bonchev–Trinajstić information content (AvgIpc) is 2.28. The summed E-state index contributed by atoms with van der Waals surface area (Å²) in [6.07, 6.45) is 0. The van der Waals surface area contributed by atoms with Crippen molar-refractivity contribution in [3.8, 4) is 0 Å². The first-order valence-electron chi connectivity index (χ1n) is 6.26. The molecule has 1 aromatic carbocycles. The van der Waals surface area contributed by atoms with Gasteiger partial charge in [-0.2, -0.15) is 4.31 Å². The van der Waals surface area contributed by atoms with Crippen LogP contribution in [0.5, 0.6) is 0 Å². The third-order valence-electron chi connectivity index (χ3n) is 3.26. The minimum atomic E-state index is -3.24. The highest BCUT2D eigenvalue weighted by Gasteiger charge is 2.34. The Balaban J connectivity index is 2.20. The molecule has 1 aliphatic heterocycles. The number of rotatable bonds is 3. The second-order valence-electron chi connectivity index (χ2n) is 4.93. The number of hydrogen-bond acceptors (Lipinski definition) is 3.